The molecular weight excluding hydrogens is 327 g/mol. The Hall–Kier alpha value is -0.0105. The van der Waals surface area contributed by atoms with E-state index in [1.807, 2.05) is 0 Å². The van der Waals surface area contributed by atoms with E-state index in [1.165, 1.54) is 89.5 Å². The number of rotatable bonds is 16. The zero-order valence-corrected chi connectivity index (χ0v) is 16.0. The molecule has 0 aliphatic carbocycles. The van der Waals surface area contributed by atoms with Gasteiger partial charge in [-0.05, 0) is 0 Å². The molecule has 0 saturated carbocycles. The summed E-state index contributed by atoms with van der Waals surface area (Å²) in [6.45, 7) is 2.28. The molecule has 0 unspecified atom stereocenters. The normalized spacial score (nSPS) is 10.8. The van der Waals surface area contributed by atoms with E-state index >= 15 is 0 Å². The summed E-state index contributed by atoms with van der Waals surface area (Å²) >= 11 is 0.646. The minimum absolute atomic E-state index is 0.0495. The molecule has 0 spiro atoms. The Labute approximate surface area is 138 Å². The zero-order chi connectivity index (χ0) is 15.6. The van der Waals surface area contributed by atoms with Crippen molar-refractivity contribution in [3.63, 3.8) is 0 Å². The summed E-state index contributed by atoms with van der Waals surface area (Å²) in [6.07, 6.45) is 17.6. The van der Waals surface area contributed by atoms with Crippen LogP contribution in [0.2, 0.25) is 10.6 Å². The van der Waals surface area contributed by atoms with Gasteiger partial charge in [-0.2, -0.15) is 0 Å². The van der Waals surface area contributed by atoms with Gasteiger partial charge in [-0.25, -0.2) is 0 Å². The Morgan fingerprint density at radius 1 is 0.762 bits per heavy atom. The molecular formula is C18H36O2Se. The van der Waals surface area contributed by atoms with Gasteiger partial charge in [0.1, 0.15) is 0 Å². The van der Waals surface area contributed by atoms with Gasteiger partial charge in [0, 0.05) is 0 Å². The second-order valence-electron chi connectivity index (χ2n) is 5.83. The van der Waals surface area contributed by atoms with Crippen LogP contribution in [0.15, 0.2) is 0 Å². The fourth-order valence-electron chi connectivity index (χ4n) is 2.40. The van der Waals surface area contributed by atoms with Gasteiger partial charge < -0.3 is 0 Å². The van der Waals surface area contributed by atoms with E-state index in [4.69, 9.17) is 0 Å². The van der Waals surface area contributed by atoms with E-state index in [0.29, 0.717) is 21.4 Å². The Bertz CT molecular complexity index is 219. The summed E-state index contributed by atoms with van der Waals surface area (Å²) in [5, 5.41) is 2.39. The number of carbonyl (C=O) groups is 1. The topological polar surface area (TPSA) is 26.3 Å². The molecule has 3 heteroatoms. The molecule has 0 N–H and O–H groups in total. The van der Waals surface area contributed by atoms with Gasteiger partial charge in [0.25, 0.3) is 0 Å². The quantitative estimate of drug-likeness (QED) is 0.197. The SMILES string of the molecule is CCCCCCCCCCCCCC[Se]CCC(=O)OC. The molecule has 0 aliphatic rings. The van der Waals surface area contributed by atoms with Crippen molar-refractivity contribution >= 4 is 20.9 Å². The number of methoxy groups -OCH3 is 1. The van der Waals surface area contributed by atoms with Gasteiger partial charge >= 0.3 is 125 Å². The Kier molecular flexibility index (Phi) is 18.0. The van der Waals surface area contributed by atoms with Crippen molar-refractivity contribution in [2.45, 2.75) is 101 Å². The number of hydrogen-bond acceptors (Lipinski definition) is 2. The third-order valence-electron chi connectivity index (χ3n) is 3.82. The number of carbonyl (C=O) groups excluding carboxylic acids is 1. The van der Waals surface area contributed by atoms with Crippen LogP contribution in [0.5, 0.6) is 0 Å². The molecule has 0 radical (unpaired) electrons. The molecule has 0 bridgehead atoms. The first kappa shape index (κ1) is 21.0. The minimum atomic E-state index is -0.0495. The van der Waals surface area contributed by atoms with E-state index in [2.05, 4.69) is 11.7 Å². The number of hydrogen-bond donors (Lipinski definition) is 0. The van der Waals surface area contributed by atoms with Crippen molar-refractivity contribution < 1.29 is 9.53 Å². The van der Waals surface area contributed by atoms with Gasteiger partial charge in [0.15, 0.2) is 0 Å². The van der Waals surface area contributed by atoms with Crippen LogP contribution in [-0.4, -0.2) is 28.0 Å². The molecule has 0 aliphatic heterocycles. The predicted molar refractivity (Wildman–Crippen MR) is 93.1 cm³/mol. The third kappa shape index (κ3) is 17.9. The van der Waals surface area contributed by atoms with Crippen LogP contribution < -0.4 is 0 Å². The summed E-state index contributed by atoms with van der Waals surface area (Å²) in [7, 11) is 1.47. The first-order valence-electron chi connectivity index (χ1n) is 8.95. The summed E-state index contributed by atoms with van der Waals surface area (Å²) in [5.41, 5.74) is 0. The fourth-order valence-corrected chi connectivity index (χ4v) is 4.34. The van der Waals surface area contributed by atoms with E-state index in [0.717, 1.165) is 5.32 Å². The number of ether oxygens (including phenoxy) is 1. The average molecular weight is 363 g/mol. The van der Waals surface area contributed by atoms with Crippen LogP contribution >= 0.6 is 0 Å². The van der Waals surface area contributed by atoms with Crippen molar-refractivity contribution in [3.8, 4) is 0 Å². The van der Waals surface area contributed by atoms with Crippen molar-refractivity contribution in [2.75, 3.05) is 7.11 Å². The van der Waals surface area contributed by atoms with Crippen LogP contribution in [-0.2, 0) is 9.53 Å². The van der Waals surface area contributed by atoms with Crippen LogP contribution in [0, 0.1) is 0 Å². The Morgan fingerprint density at radius 2 is 1.24 bits per heavy atom. The first-order chi connectivity index (χ1) is 10.3. The maximum absolute atomic E-state index is 10.9. The van der Waals surface area contributed by atoms with E-state index < -0.39 is 0 Å². The van der Waals surface area contributed by atoms with Crippen molar-refractivity contribution in [1.82, 2.24) is 0 Å². The van der Waals surface area contributed by atoms with Crippen LogP contribution in [0.4, 0.5) is 0 Å². The maximum atomic E-state index is 10.9. The monoisotopic (exact) mass is 364 g/mol. The van der Waals surface area contributed by atoms with E-state index in [-0.39, 0.29) is 5.97 Å². The third-order valence-corrected chi connectivity index (χ3v) is 6.07. The van der Waals surface area contributed by atoms with E-state index in [9.17, 15) is 4.79 Å². The molecule has 21 heavy (non-hydrogen) atoms. The molecule has 0 saturated heterocycles. The molecule has 0 rings (SSSR count). The molecule has 0 heterocycles. The van der Waals surface area contributed by atoms with Crippen LogP contribution in [0.25, 0.3) is 0 Å². The first-order valence-corrected chi connectivity index (χ1v) is 11.4. The molecule has 126 valence electrons. The van der Waals surface area contributed by atoms with Gasteiger partial charge in [-0.1, -0.05) is 13.3 Å². The summed E-state index contributed by atoms with van der Waals surface area (Å²) in [4.78, 5) is 10.9. The second-order valence-corrected chi connectivity index (χ2v) is 8.40. The second kappa shape index (κ2) is 18.0. The zero-order valence-electron chi connectivity index (χ0n) is 14.3. The molecule has 0 aromatic heterocycles. The van der Waals surface area contributed by atoms with Gasteiger partial charge in [0.05, 0.1) is 0 Å². The molecule has 0 amide bonds. The summed E-state index contributed by atoms with van der Waals surface area (Å²) in [5.74, 6) is -0.0495. The standard InChI is InChI=1S/C18H36O2Se/c1-3-4-5-6-7-8-9-10-11-12-13-14-16-21-17-15-18(19)20-2/h3-17H2,1-2H3. The fraction of sp³-hybridized carbons (Fsp3) is 0.944. The van der Waals surface area contributed by atoms with Crippen molar-refractivity contribution in [1.29, 1.82) is 0 Å². The Morgan fingerprint density at radius 3 is 1.71 bits per heavy atom. The Balaban J connectivity index is 2.98. The number of unbranched alkanes of at least 4 members (excludes halogenated alkanes) is 11. The molecule has 0 aromatic rings. The van der Waals surface area contributed by atoms with Gasteiger partial charge in [-0.3, -0.25) is 0 Å². The molecule has 0 aromatic carbocycles. The molecule has 0 atom stereocenters. The molecule has 0 fully saturated rings. The van der Waals surface area contributed by atoms with Crippen LogP contribution in [0.3, 0.4) is 0 Å². The average Bonchev–Trinajstić information content (AvgIpc) is 2.50. The van der Waals surface area contributed by atoms with Crippen LogP contribution in [0.1, 0.15) is 90.4 Å². The summed E-state index contributed by atoms with van der Waals surface area (Å²) < 4.78 is 4.64. The van der Waals surface area contributed by atoms with E-state index in [1.54, 1.807) is 0 Å². The van der Waals surface area contributed by atoms with Crippen molar-refractivity contribution in [2.24, 2.45) is 0 Å². The van der Waals surface area contributed by atoms with Gasteiger partial charge in [0.2, 0.25) is 0 Å². The van der Waals surface area contributed by atoms with Gasteiger partial charge in [-0.15, -0.1) is 0 Å². The molecule has 2 nitrogen and oxygen atoms in total. The number of esters is 1. The van der Waals surface area contributed by atoms with Crippen molar-refractivity contribution in [3.05, 3.63) is 0 Å². The predicted octanol–water partition coefficient (Wildman–Crippen LogP) is 5.79. The summed E-state index contributed by atoms with van der Waals surface area (Å²) in [6, 6.07) is 0.